The van der Waals surface area contributed by atoms with Crippen molar-refractivity contribution in [2.45, 2.75) is 13.2 Å². The molecule has 11 N–H and O–H groups in total. The summed E-state index contributed by atoms with van der Waals surface area (Å²) in [7, 11) is 1.55. The van der Waals surface area contributed by atoms with Gasteiger partial charge < -0.3 is 38.5 Å². The second kappa shape index (κ2) is 18.2. The van der Waals surface area contributed by atoms with Crippen LogP contribution in [-0.2, 0) is 13.2 Å². The highest BCUT2D eigenvalue weighted by atomic mass is 35.5. The number of methoxy groups -OCH3 is 1. The highest BCUT2D eigenvalue weighted by Gasteiger charge is 1.90. The Morgan fingerprint density at radius 3 is 1.31 bits per heavy atom. The van der Waals surface area contributed by atoms with E-state index >= 15 is 0 Å². The highest BCUT2D eigenvalue weighted by molar-refractivity contribution is 6.30. The minimum absolute atomic E-state index is 0. The minimum Gasteiger partial charge on any atom is -0.494 e. The number of rotatable bonds is 3. The van der Waals surface area contributed by atoms with Gasteiger partial charge >= 0.3 is 0 Å². The van der Waals surface area contributed by atoms with Crippen molar-refractivity contribution >= 4 is 47.8 Å². The van der Waals surface area contributed by atoms with E-state index in [9.17, 15) is 0 Å². The maximum atomic E-state index is 8.51. The number of nitrogens with zero attached hydrogens (tertiary/aromatic N) is 8. The molecule has 36 heavy (non-hydrogen) atoms. The van der Waals surface area contributed by atoms with E-state index in [0.29, 0.717) is 22.9 Å². The molecule has 0 aromatic carbocycles. The van der Waals surface area contributed by atoms with Gasteiger partial charge in [0.25, 0.3) is 0 Å². The van der Waals surface area contributed by atoms with E-state index in [1.807, 2.05) is 0 Å². The summed E-state index contributed by atoms with van der Waals surface area (Å²) in [5.74, 6) is 1.63. The lowest BCUT2D eigenvalue weighted by Crippen LogP contribution is -2.00. The van der Waals surface area contributed by atoms with Crippen LogP contribution < -0.4 is 33.4 Å². The van der Waals surface area contributed by atoms with Crippen molar-refractivity contribution in [3.05, 3.63) is 65.7 Å². The summed E-state index contributed by atoms with van der Waals surface area (Å²) < 4.78 is 4.79. The van der Waals surface area contributed by atoms with Crippen molar-refractivity contribution in [3.63, 3.8) is 0 Å². The van der Waals surface area contributed by atoms with Gasteiger partial charge in [0.05, 0.1) is 43.5 Å². The Labute approximate surface area is 218 Å². The molecule has 4 heterocycles. The number of aliphatic hydroxyl groups excluding tert-OH is 1. The van der Waals surface area contributed by atoms with Gasteiger partial charge in [-0.1, -0.05) is 11.6 Å². The second-order valence-corrected chi connectivity index (χ2v) is 6.44. The molecule has 0 unspecified atom stereocenters. The lowest BCUT2D eigenvalue weighted by molar-refractivity contribution is 0.281. The molecule has 0 saturated heterocycles. The van der Waals surface area contributed by atoms with Crippen LogP contribution in [0, 0.1) is 0 Å². The van der Waals surface area contributed by atoms with E-state index in [1.165, 1.54) is 37.2 Å². The van der Waals surface area contributed by atoms with Gasteiger partial charge in [-0.05, 0) is 0 Å². The zero-order valence-corrected chi connectivity index (χ0v) is 20.7. The molecule has 194 valence electrons. The van der Waals surface area contributed by atoms with E-state index in [4.69, 9.17) is 50.1 Å². The van der Waals surface area contributed by atoms with Crippen LogP contribution in [0.5, 0.6) is 5.75 Å². The average molecular weight is 540 g/mol. The molecule has 4 rings (SSSR count). The first kappa shape index (κ1) is 31.8. The quantitative estimate of drug-likeness (QED) is 0.204. The molecule has 0 amide bonds. The third kappa shape index (κ3) is 14.2. The van der Waals surface area contributed by atoms with Crippen molar-refractivity contribution in [1.82, 2.24) is 39.9 Å². The van der Waals surface area contributed by atoms with Gasteiger partial charge in [-0.3, -0.25) is 0 Å². The molecule has 0 radical (unpaired) electrons. The van der Waals surface area contributed by atoms with E-state index in [2.05, 4.69) is 39.9 Å². The number of halogens is 2. The third-order valence-corrected chi connectivity index (χ3v) is 3.59. The first-order chi connectivity index (χ1) is 16.8. The Morgan fingerprint density at radius 1 is 0.667 bits per heavy atom. The Kier molecular flexibility index (Phi) is 16.1. The summed E-state index contributed by atoms with van der Waals surface area (Å²) in [5.41, 5.74) is 27.6. The fourth-order valence-corrected chi connectivity index (χ4v) is 1.77. The summed E-state index contributed by atoms with van der Waals surface area (Å²) in [6.45, 7) is 0.417. The van der Waals surface area contributed by atoms with Gasteiger partial charge in [-0.2, -0.15) is 0 Å². The van der Waals surface area contributed by atoms with Crippen LogP contribution in [0.25, 0.3) is 0 Å². The molecule has 15 nitrogen and oxygen atoms in total. The fourth-order valence-electron chi connectivity index (χ4n) is 1.67. The average Bonchev–Trinajstić information content (AvgIpc) is 2.88. The summed E-state index contributed by atoms with van der Waals surface area (Å²) in [4.78, 5) is 29.4. The van der Waals surface area contributed by atoms with Crippen molar-refractivity contribution in [1.29, 1.82) is 0 Å². The third-order valence-electron chi connectivity index (χ3n) is 3.39. The molecule has 17 heteroatoms. The number of aromatic nitrogens is 8. The van der Waals surface area contributed by atoms with Crippen LogP contribution in [0.2, 0.25) is 5.02 Å². The molecule has 4 aromatic heterocycles. The van der Waals surface area contributed by atoms with E-state index < -0.39 is 0 Å². The number of nitrogen functional groups attached to an aromatic ring is 4. The van der Waals surface area contributed by atoms with Crippen molar-refractivity contribution in [2.75, 3.05) is 30.0 Å². The predicted octanol–water partition coefficient (Wildman–Crippen LogP) is 0.270. The zero-order chi connectivity index (χ0) is 26.1. The summed E-state index contributed by atoms with van der Waals surface area (Å²) in [6, 6.07) is 0. The standard InChI is InChI=1S/C5H8N4.2C5H7N3O.C4H4ClN3.ClH/c6-1-4-2-8-5(7)9-3-4;1-9-4-2-7-5(6)8-3-4;6-5-7-1-4(3-9)2-8-5;5-3-1-7-4(6)8-2-3;/h2-3H,1,6H2,(H2,7,8,9);2-3H,1H3,(H2,6,7,8);1-2,9H,3H2,(H2,6,7,8);1-2H,(H2,6,7,8);1H. The van der Waals surface area contributed by atoms with Crippen LogP contribution in [-0.4, -0.2) is 52.1 Å². The van der Waals surface area contributed by atoms with Crippen molar-refractivity contribution in [3.8, 4) is 5.75 Å². The van der Waals surface area contributed by atoms with Crippen LogP contribution in [0.4, 0.5) is 23.8 Å². The predicted molar refractivity (Wildman–Crippen MR) is 138 cm³/mol. The largest absolute Gasteiger partial charge is 0.494 e. The lowest BCUT2D eigenvalue weighted by Gasteiger charge is -1.95. The maximum Gasteiger partial charge on any atom is 0.220 e. The number of anilines is 4. The van der Waals surface area contributed by atoms with Gasteiger partial charge in [-0.15, -0.1) is 12.4 Å². The fraction of sp³-hybridized carbons (Fsp3) is 0.158. The summed E-state index contributed by atoms with van der Waals surface area (Å²) in [6.07, 6.45) is 12.1. The monoisotopic (exact) mass is 539 g/mol. The lowest BCUT2D eigenvalue weighted by atomic mass is 10.3. The maximum absolute atomic E-state index is 8.51. The molecule has 0 bridgehead atoms. The van der Waals surface area contributed by atoms with Crippen LogP contribution in [0.3, 0.4) is 0 Å². The van der Waals surface area contributed by atoms with Gasteiger partial charge in [0.15, 0.2) is 5.75 Å². The number of hydrogen-bond acceptors (Lipinski definition) is 15. The van der Waals surface area contributed by atoms with E-state index in [-0.39, 0.29) is 42.8 Å². The number of aliphatic hydroxyl groups is 1. The molecule has 0 spiro atoms. The van der Waals surface area contributed by atoms with E-state index in [1.54, 1.807) is 19.5 Å². The van der Waals surface area contributed by atoms with E-state index in [0.717, 1.165) is 5.56 Å². The molecular weight excluding hydrogens is 513 g/mol. The first-order valence-electron chi connectivity index (χ1n) is 9.55. The Hall–Kier alpha value is -4.18. The number of nitrogens with two attached hydrogens (primary N) is 5. The molecule has 0 atom stereocenters. The molecular formula is C19H27Cl2N13O2. The molecule has 0 aliphatic carbocycles. The molecule has 0 fully saturated rings. The first-order valence-corrected chi connectivity index (χ1v) is 9.93. The highest BCUT2D eigenvalue weighted by Crippen LogP contribution is 2.04. The topological polar surface area (TPSA) is 263 Å². The molecule has 0 saturated carbocycles. The summed E-state index contributed by atoms with van der Waals surface area (Å²) >= 11 is 5.43. The van der Waals surface area contributed by atoms with Crippen LogP contribution >= 0.6 is 24.0 Å². The Morgan fingerprint density at radius 2 is 1.00 bits per heavy atom. The minimum atomic E-state index is -0.0414. The van der Waals surface area contributed by atoms with Gasteiger partial charge in [0.1, 0.15) is 0 Å². The smallest absolute Gasteiger partial charge is 0.220 e. The number of ether oxygens (including phenoxy) is 1. The number of hydrogen-bond donors (Lipinski definition) is 6. The SMILES string of the molecule is COc1cnc(N)nc1.Cl.NCc1cnc(N)nc1.Nc1ncc(CO)cn1.Nc1ncc(Cl)cn1. The van der Waals surface area contributed by atoms with Crippen molar-refractivity contribution in [2.24, 2.45) is 5.73 Å². The summed E-state index contributed by atoms with van der Waals surface area (Å²) in [5, 5.41) is 9.01. The molecule has 0 aliphatic heterocycles. The molecule has 0 aliphatic rings. The van der Waals surface area contributed by atoms with Crippen LogP contribution in [0.1, 0.15) is 11.1 Å². The van der Waals surface area contributed by atoms with Gasteiger partial charge in [0.2, 0.25) is 23.8 Å². The van der Waals surface area contributed by atoms with Crippen LogP contribution in [0.15, 0.2) is 49.6 Å². The molecule has 4 aromatic rings. The van der Waals surface area contributed by atoms with Gasteiger partial charge in [0, 0.05) is 42.5 Å². The Balaban J connectivity index is 0.000000450. The second-order valence-electron chi connectivity index (χ2n) is 6.00. The van der Waals surface area contributed by atoms with Gasteiger partial charge in [-0.25, -0.2) is 39.9 Å². The Bertz CT molecular complexity index is 959. The normalized spacial score (nSPS) is 9.00. The zero-order valence-electron chi connectivity index (χ0n) is 19.1. The van der Waals surface area contributed by atoms with Crippen molar-refractivity contribution < 1.29 is 9.84 Å².